The minimum Gasteiger partial charge on any atom is -0.496 e. The van der Waals surface area contributed by atoms with Crippen LogP contribution >= 0.6 is 0 Å². The van der Waals surface area contributed by atoms with Gasteiger partial charge in [-0.05, 0) is 49.2 Å². The number of carbonyl (C=O) groups is 1. The fourth-order valence-electron chi connectivity index (χ4n) is 2.25. The molecule has 0 spiro atoms. The molecule has 0 fully saturated rings. The molecular weight excluding hydrogens is 276 g/mol. The number of ketones is 1. The van der Waals surface area contributed by atoms with Crippen molar-refractivity contribution in [3.05, 3.63) is 58.7 Å². The largest absolute Gasteiger partial charge is 0.496 e. The number of nitrogens with zero attached hydrogens (tertiary/aromatic N) is 1. The summed E-state index contributed by atoms with van der Waals surface area (Å²) in [5, 5.41) is 12.4. The molecular formula is C18H18N2O2. The number of carbonyl (C=O) groups excluding carboxylic acids is 1. The topological polar surface area (TPSA) is 62.1 Å². The van der Waals surface area contributed by atoms with Crippen molar-refractivity contribution in [3.63, 3.8) is 0 Å². The van der Waals surface area contributed by atoms with E-state index in [-0.39, 0.29) is 5.78 Å². The lowest BCUT2D eigenvalue weighted by molar-refractivity contribution is 0.101. The molecule has 4 nitrogen and oxygen atoms in total. The maximum Gasteiger partial charge on any atom is 0.159 e. The lowest BCUT2D eigenvalue weighted by Gasteiger charge is -2.11. The van der Waals surface area contributed by atoms with Gasteiger partial charge in [-0.3, -0.25) is 4.79 Å². The number of methoxy groups -OCH3 is 1. The van der Waals surface area contributed by atoms with Crippen LogP contribution in [0.15, 0.2) is 36.4 Å². The second-order valence-electron chi connectivity index (χ2n) is 5.09. The highest BCUT2D eigenvalue weighted by Gasteiger charge is 2.07. The van der Waals surface area contributed by atoms with E-state index in [1.807, 2.05) is 25.1 Å². The molecule has 112 valence electrons. The summed E-state index contributed by atoms with van der Waals surface area (Å²) >= 11 is 0. The Labute approximate surface area is 130 Å². The Balaban J connectivity index is 2.20. The number of benzene rings is 2. The number of ether oxygens (including phenoxy) is 1. The van der Waals surface area contributed by atoms with Crippen molar-refractivity contribution in [2.45, 2.75) is 20.4 Å². The first-order valence-corrected chi connectivity index (χ1v) is 6.97. The third-order valence-electron chi connectivity index (χ3n) is 3.49. The molecule has 0 saturated heterocycles. The maximum atomic E-state index is 11.5. The Kier molecular flexibility index (Phi) is 4.80. The average Bonchev–Trinajstić information content (AvgIpc) is 2.52. The molecule has 22 heavy (non-hydrogen) atoms. The van der Waals surface area contributed by atoms with Gasteiger partial charge in [-0.25, -0.2) is 0 Å². The number of rotatable bonds is 5. The lowest BCUT2D eigenvalue weighted by Crippen LogP contribution is -2.04. The number of Topliss-reactive ketones (excluding diaryl/α,β-unsaturated/α-hetero) is 1. The molecule has 0 aliphatic heterocycles. The van der Waals surface area contributed by atoms with Crippen molar-refractivity contribution < 1.29 is 9.53 Å². The molecule has 2 aromatic carbocycles. The first kappa shape index (κ1) is 15.6. The summed E-state index contributed by atoms with van der Waals surface area (Å²) in [5.41, 5.74) is 3.92. The number of hydrogen-bond acceptors (Lipinski definition) is 4. The molecule has 0 aromatic heterocycles. The van der Waals surface area contributed by atoms with Gasteiger partial charge in [-0.15, -0.1) is 0 Å². The lowest BCUT2D eigenvalue weighted by atomic mass is 10.1. The summed E-state index contributed by atoms with van der Waals surface area (Å²) in [5.74, 6) is 0.827. The molecule has 0 aliphatic carbocycles. The monoisotopic (exact) mass is 294 g/mol. The van der Waals surface area contributed by atoms with E-state index in [4.69, 9.17) is 10.00 Å². The van der Waals surface area contributed by atoms with Crippen LogP contribution in [0.1, 0.15) is 34.0 Å². The zero-order chi connectivity index (χ0) is 16.1. The average molecular weight is 294 g/mol. The molecule has 2 rings (SSSR count). The SMILES string of the molecule is COc1ccc(CNc2cc(C(C)=O)ccc2C#N)cc1C. The normalized spacial score (nSPS) is 9.91. The summed E-state index contributed by atoms with van der Waals surface area (Å²) in [6.45, 7) is 4.07. The van der Waals surface area contributed by atoms with Crippen molar-refractivity contribution in [2.24, 2.45) is 0 Å². The van der Waals surface area contributed by atoms with Gasteiger partial charge in [0.15, 0.2) is 5.78 Å². The minimum atomic E-state index is -0.0205. The van der Waals surface area contributed by atoms with Crippen LogP contribution in [0.25, 0.3) is 0 Å². The Morgan fingerprint density at radius 2 is 2.05 bits per heavy atom. The van der Waals surface area contributed by atoms with E-state index >= 15 is 0 Å². The predicted molar refractivity (Wildman–Crippen MR) is 86.2 cm³/mol. The smallest absolute Gasteiger partial charge is 0.159 e. The predicted octanol–water partition coefficient (Wildman–Crippen LogP) is 3.69. The van der Waals surface area contributed by atoms with Crippen LogP contribution in [0.2, 0.25) is 0 Å². The second-order valence-corrected chi connectivity index (χ2v) is 5.09. The van der Waals surface area contributed by atoms with Crippen molar-refractivity contribution in [1.29, 1.82) is 5.26 Å². The number of aryl methyl sites for hydroxylation is 1. The molecule has 4 heteroatoms. The van der Waals surface area contributed by atoms with Gasteiger partial charge in [0.1, 0.15) is 11.8 Å². The quantitative estimate of drug-likeness (QED) is 0.854. The summed E-state index contributed by atoms with van der Waals surface area (Å²) < 4.78 is 5.24. The van der Waals surface area contributed by atoms with Crippen LogP contribution in [-0.4, -0.2) is 12.9 Å². The van der Waals surface area contributed by atoms with E-state index in [0.29, 0.717) is 23.4 Å². The third kappa shape index (κ3) is 3.44. The van der Waals surface area contributed by atoms with Gasteiger partial charge < -0.3 is 10.1 Å². The molecule has 0 radical (unpaired) electrons. The third-order valence-corrected chi connectivity index (χ3v) is 3.49. The Bertz CT molecular complexity index is 745. The van der Waals surface area contributed by atoms with Crippen LogP contribution in [0.4, 0.5) is 5.69 Å². The molecule has 0 atom stereocenters. The molecule has 0 bridgehead atoms. The second kappa shape index (κ2) is 6.77. The fraction of sp³-hybridized carbons (Fsp3) is 0.222. The molecule has 0 saturated carbocycles. The summed E-state index contributed by atoms with van der Waals surface area (Å²) in [7, 11) is 1.65. The number of anilines is 1. The van der Waals surface area contributed by atoms with Gasteiger partial charge >= 0.3 is 0 Å². The highest BCUT2D eigenvalue weighted by atomic mass is 16.5. The standard InChI is InChI=1S/C18H18N2O2/c1-12-8-14(4-7-18(12)22-3)11-20-17-9-15(13(2)21)5-6-16(17)10-19/h4-9,20H,11H2,1-3H3. The van der Waals surface area contributed by atoms with E-state index in [9.17, 15) is 4.79 Å². The fourth-order valence-corrected chi connectivity index (χ4v) is 2.25. The first-order valence-electron chi connectivity index (χ1n) is 6.97. The van der Waals surface area contributed by atoms with Crippen molar-refractivity contribution >= 4 is 11.5 Å². The highest BCUT2D eigenvalue weighted by Crippen LogP contribution is 2.21. The van der Waals surface area contributed by atoms with Crippen molar-refractivity contribution in [2.75, 3.05) is 12.4 Å². The van der Waals surface area contributed by atoms with Crippen LogP contribution in [0.3, 0.4) is 0 Å². The van der Waals surface area contributed by atoms with E-state index in [0.717, 1.165) is 16.9 Å². The van der Waals surface area contributed by atoms with E-state index in [2.05, 4.69) is 11.4 Å². The molecule has 0 unspecified atom stereocenters. The molecule has 0 heterocycles. The first-order chi connectivity index (χ1) is 10.5. The van der Waals surface area contributed by atoms with Crippen LogP contribution < -0.4 is 10.1 Å². The Morgan fingerprint density at radius 3 is 2.64 bits per heavy atom. The molecule has 0 aliphatic rings. The minimum absolute atomic E-state index is 0.0205. The van der Waals surface area contributed by atoms with Crippen molar-refractivity contribution in [1.82, 2.24) is 0 Å². The van der Waals surface area contributed by atoms with Crippen LogP contribution in [0.5, 0.6) is 5.75 Å². The van der Waals surface area contributed by atoms with E-state index in [1.165, 1.54) is 6.92 Å². The Hall–Kier alpha value is -2.80. The van der Waals surface area contributed by atoms with E-state index in [1.54, 1.807) is 25.3 Å². The summed E-state index contributed by atoms with van der Waals surface area (Å²) in [4.78, 5) is 11.5. The van der Waals surface area contributed by atoms with Crippen molar-refractivity contribution in [3.8, 4) is 11.8 Å². The van der Waals surface area contributed by atoms with Gasteiger partial charge in [0.25, 0.3) is 0 Å². The summed E-state index contributed by atoms with van der Waals surface area (Å²) in [6.07, 6.45) is 0. The molecule has 1 N–H and O–H groups in total. The highest BCUT2D eigenvalue weighted by molar-refractivity contribution is 5.95. The van der Waals surface area contributed by atoms with Gasteiger partial charge in [-0.2, -0.15) is 5.26 Å². The van der Waals surface area contributed by atoms with Gasteiger partial charge in [-0.1, -0.05) is 12.1 Å². The molecule has 0 amide bonds. The zero-order valence-corrected chi connectivity index (χ0v) is 12.9. The Morgan fingerprint density at radius 1 is 1.27 bits per heavy atom. The number of nitriles is 1. The summed E-state index contributed by atoms with van der Waals surface area (Å²) in [6, 6.07) is 13.1. The number of hydrogen-bond donors (Lipinski definition) is 1. The number of nitrogens with one attached hydrogen (secondary N) is 1. The van der Waals surface area contributed by atoms with E-state index < -0.39 is 0 Å². The van der Waals surface area contributed by atoms with Crippen LogP contribution in [-0.2, 0) is 6.54 Å². The van der Waals surface area contributed by atoms with Crippen LogP contribution in [0, 0.1) is 18.3 Å². The maximum absolute atomic E-state index is 11.5. The molecule has 2 aromatic rings. The van der Waals surface area contributed by atoms with Gasteiger partial charge in [0.05, 0.1) is 18.4 Å². The van der Waals surface area contributed by atoms with Gasteiger partial charge in [0, 0.05) is 12.1 Å². The van der Waals surface area contributed by atoms with Gasteiger partial charge in [0.2, 0.25) is 0 Å². The zero-order valence-electron chi connectivity index (χ0n) is 12.9.